The molecule has 0 aliphatic carbocycles. The lowest BCUT2D eigenvalue weighted by atomic mass is 10.3. The fourth-order valence-corrected chi connectivity index (χ4v) is 2.82. The lowest BCUT2D eigenvalue weighted by Gasteiger charge is -2.30. The first-order valence-electron chi connectivity index (χ1n) is 8.48. The minimum Gasteiger partial charge on any atom is -0.378 e. The number of morpholine rings is 2. The molecule has 0 radical (unpaired) electrons. The third kappa shape index (κ3) is 3.54. The van der Waals surface area contributed by atoms with Crippen LogP contribution in [-0.2, 0) is 9.47 Å². The molecule has 2 saturated heterocycles. The van der Waals surface area contributed by atoms with Gasteiger partial charge in [-0.05, 0) is 6.07 Å². The van der Waals surface area contributed by atoms with Crippen LogP contribution in [0.2, 0.25) is 0 Å². The number of aromatic nitrogens is 5. The van der Waals surface area contributed by atoms with E-state index in [0.717, 1.165) is 26.2 Å². The molecule has 10 heteroatoms. The second-order valence-electron chi connectivity index (χ2n) is 5.84. The molecule has 26 heavy (non-hydrogen) atoms. The molecule has 134 valence electrons. The first kappa shape index (κ1) is 16.6. The van der Waals surface area contributed by atoms with Crippen LogP contribution < -0.4 is 9.80 Å². The van der Waals surface area contributed by atoms with E-state index in [1.165, 1.54) is 6.20 Å². The Morgan fingerprint density at radius 3 is 1.96 bits per heavy atom. The summed E-state index contributed by atoms with van der Waals surface area (Å²) in [6.07, 6.45) is 1.54. The van der Waals surface area contributed by atoms with Crippen molar-refractivity contribution in [3.05, 3.63) is 18.1 Å². The second-order valence-corrected chi connectivity index (χ2v) is 5.84. The van der Waals surface area contributed by atoms with Gasteiger partial charge < -0.3 is 19.3 Å². The summed E-state index contributed by atoms with van der Waals surface area (Å²) < 4.78 is 10.8. The van der Waals surface area contributed by atoms with Crippen LogP contribution >= 0.6 is 0 Å². The molecule has 4 heterocycles. The van der Waals surface area contributed by atoms with Gasteiger partial charge in [-0.2, -0.15) is 20.2 Å². The zero-order chi connectivity index (χ0) is 17.8. The van der Waals surface area contributed by atoms with E-state index in [9.17, 15) is 0 Å². The fraction of sp³-hybridized carbons (Fsp3) is 0.500. The van der Waals surface area contributed by atoms with Crippen molar-refractivity contribution >= 4 is 11.9 Å². The summed E-state index contributed by atoms with van der Waals surface area (Å²) in [6, 6.07) is 3.64. The van der Waals surface area contributed by atoms with E-state index in [2.05, 4.69) is 34.7 Å². The van der Waals surface area contributed by atoms with E-state index in [4.69, 9.17) is 14.7 Å². The molecule has 2 fully saturated rings. The Morgan fingerprint density at radius 1 is 0.846 bits per heavy atom. The monoisotopic (exact) mass is 354 g/mol. The highest BCUT2D eigenvalue weighted by atomic mass is 16.5. The van der Waals surface area contributed by atoms with Crippen LogP contribution in [0.3, 0.4) is 0 Å². The van der Waals surface area contributed by atoms with Crippen LogP contribution in [0, 0.1) is 11.3 Å². The standard InChI is InChI=1S/C16H18N8O2/c17-11-13-18-2-1-12(19-13)14-20-15(23-3-7-25-8-4-23)22-16(21-14)24-5-9-26-10-6-24/h1-2H,3-10H2. The van der Waals surface area contributed by atoms with Crippen molar-refractivity contribution in [2.75, 3.05) is 62.4 Å². The third-order valence-corrected chi connectivity index (χ3v) is 4.18. The quantitative estimate of drug-likeness (QED) is 0.738. The normalized spacial score (nSPS) is 17.8. The Labute approximate surface area is 150 Å². The van der Waals surface area contributed by atoms with E-state index in [-0.39, 0.29) is 5.82 Å². The maximum absolute atomic E-state index is 9.05. The topological polar surface area (TPSA) is 113 Å². The lowest BCUT2D eigenvalue weighted by Crippen LogP contribution is -2.40. The van der Waals surface area contributed by atoms with Gasteiger partial charge in [0.05, 0.1) is 26.4 Å². The maximum Gasteiger partial charge on any atom is 0.232 e. The summed E-state index contributed by atoms with van der Waals surface area (Å²) in [4.78, 5) is 26.1. The fourth-order valence-electron chi connectivity index (χ4n) is 2.82. The van der Waals surface area contributed by atoms with E-state index in [0.29, 0.717) is 49.8 Å². The molecular weight excluding hydrogens is 336 g/mol. The minimum atomic E-state index is 0.0868. The van der Waals surface area contributed by atoms with Crippen LogP contribution in [0.15, 0.2) is 12.3 Å². The number of nitriles is 1. The highest BCUT2D eigenvalue weighted by Crippen LogP contribution is 2.21. The average molecular weight is 354 g/mol. The van der Waals surface area contributed by atoms with E-state index in [1.807, 2.05) is 6.07 Å². The number of hydrogen-bond acceptors (Lipinski definition) is 10. The number of ether oxygens (including phenoxy) is 2. The van der Waals surface area contributed by atoms with Gasteiger partial charge in [-0.15, -0.1) is 0 Å². The Hall–Kier alpha value is -2.90. The molecular formula is C16H18N8O2. The molecule has 0 N–H and O–H groups in total. The van der Waals surface area contributed by atoms with Crippen molar-refractivity contribution in [2.45, 2.75) is 0 Å². The first-order valence-corrected chi connectivity index (χ1v) is 8.48. The summed E-state index contributed by atoms with van der Waals surface area (Å²) >= 11 is 0. The predicted molar refractivity (Wildman–Crippen MR) is 91.6 cm³/mol. The Bertz CT molecular complexity index is 776. The van der Waals surface area contributed by atoms with E-state index in [1.54, 1.807) is 6.07 Å². The van der Waals surface area contributed by atoms with Crippen LogP contribution in [0.25, 0.3) is 11.5 Å². The van der Waals surface area contributed by atoms with Crippen molar-refractivity contribution in [3.8, 4) is 17.6 Å². The summed E-state index contributed by atoms with van der Waals surface area (Å²) in [5.41, 5.74) is 0.503. The molecule has 0 amide bonds. The van der Waals surface area contributed by atoms with Gasteiger partial charge in [0.2, 0.25) is 17.7 Å². The number of hydrogen-bond donors (Lipinski definition) is 0. The average Bonchev–Trinajstić information content (AvgIpc) is 2.75. The Kier molecular flexibility index (Phi) is 4.81. The van der Waals surface area contributed by atoms with Gasteiger partial charge in [-0.3, -0.25) is 0 Å². The van der Waals surface area contributed by atoms with Crippen molar-refractivity contribution in [2.24, 2.45) is 0 Å². The molecule has 2 aromatic heterocycles. The molecule has 0 spiro atoms. The van der Waals surface area contributed by atoms with Gasteiger partial charge in [0.1, 0.15) is 11.8 Å². The molecule has 4 rings (SSSR count). The van der Waals surface area contributed by atoms with Crippen molar-refractivity contribution in [1.82, 2.24) is 24.9 Å². The molecule has 0 saturated carbocycles. The Balaban J connectivity index is 1.75. The predicted octanol–water partition coefficient (Wildman–Crippen LogP) is -0.127. The highest BCUT2D eigenvalue weighted by Gasteiger charge is 2.21. The summed E-state index contributed by atoms with van der Waals surface area (Å²) in [6.45, 7) is 5.44. The van der Waals surface area contributed by atoms with E-state index < -0.39 is 0 Å². The van der Waals surface area contributed by atoms with Gasteiger partial charge in [-0.25, -0.2) is 9.97 Å². The molecule has 2 aromatic rings. The molecule has 0 aromatic carbocycles. The van der Waals surface area contributed by atoms with E-state index >= 15 is 0 Å². The van der Waals surface area contributed by atoms with Gasteiger partial charge >= 0.3 is 0 Å². The number of nitrogens with zero attached hydrogens (tertiary/aromatic N) is 8. The summed E-state index contributed by atoms with van der Waals surface area (Å²) in [5, 5.41) is 9.05. The van der Waals surface area contributed by atoms with Gasteiger partial charge in [-0.1, -0.05) is 0 Å². The first-order chi connectivity index (χ1) is 12.8. The van der Waals surface area contributed by atoms with Crippen LogP contribution in [0.5, 0.6) is 0 Å². The molecule has 10 nitrogen and oxygen atoms in total. The summed E-state index contributed by atoms with van der Waals surface area (Å²) in [7, 11) is 0. The molecule has 0 atom stereocenters. The van der Waals surface area contributed by atoms with Crippen LogP contribution in [0.1, 0.15) is 5.82 Å². The Morgan fingerprint density at radius 2 is 1.42 bits per heavy atom. The molecule has 2 aliphatic heterocycles. The third-order valence-electron chi connectivity index (χ3n) is 4.18. The largest absolute Gasteiger partial charge is 0.378 e. The minimum absolute atomic E-state index is 0.0868. The van der Waals surface area contributed by atoms with Crippen molar-refractivity contribution in [1.29, 1.82) is 5.26 Å². The lowest BCUT2D eigenvalue weighted by molar-refractivity contribution is 0.121. The number of anilines is 2. The van der Waals surface area contributed by atoms with Gasteiger partial charge in [0.15, 0.2) is 5.82 Å². The highest BCUT2D eigenvalue weighted by molar-refractivity contribution is 5.55. The van der Waals surface area contributed by atoms with Crippen molar-refractivity contribution in [3.63, 3.8) is 0 Å². The molecule has 0 bridgehead atoms. The summed E-state index contributed by atoms with van der Waals surface area (Å²) in [5.74, 6) is 1.71. The zero-order valence-electron chi connectivity index (χ0n) is 14.2. The van der Waals surface area contributed by atoms with Crippen LogP contribution in [0.4, 0.5) is 11.9 Å². The SMILES string of the molecule is N#Cc1nccc(-c2nc(N3CCOCC3)nc(N3CCOCC3)n2)n1. The smallest absolute Gasteiger partial charge is 0.232 e. The van der Waals surface area contributed by atoms with Gasteiger partial charge in [0, 0.05) is 32.4 Å². The zero-order valence-corrected chi connectivity index (χ0v) is 14.2. The van der Waals surface area contributed by atoms with Gasteiger partial charge in [0.25, 0.3) is 0 Å². The van der Waals surface area contributed by atoms with Crippen LogP contribution in [-0.4, -0.2) is 77.5 Å². The second kappa shape index (κ2) is 7.55. The number of rotatable bonds is 3. The maximum atomic E-state index is 9.05. The van der Waals surface area contributed by atoms with Crippen molar-refractivity contribution < 1.29 is 9.47 Å². The molecule has 2 aliphatic rings. The molecule has 0 unspecified atom stereocenters.